The number of rotatable bonds is 5. The summed E-state index contributed by atoms with van der Waals surface area (Å²) < 4.78 is 5.24. The van der Waals surface area contributed by atoms with Gasteiger partial charge in [-0.15, -0.1) is 0 Å². The van der Waals surface area contributed by atoms with Crippen LogP contribution in [-0.4, -0.2) is 25.3 Å². The topological polar surface area (TPSA) is 21.3 Å². The number of nitrogens with one attached hydrogen (secondary N) is 1. The van der Waals surface area contributed by atoms with Crippen LogP contribution in [0, 0.1) is 5.92 Å². The molecule has 1 N–H and O–H groups in total. The van der Waals surface area contributed by atoms with E-state index in [9.17, 15) is 0 Å². The Labute approximate surface area is 82.0 Å². The lowest BCUT2D eigenvalue weighted by Crippen LogP contribution is -2.49. The maximum Gasteiger partial charge on any atom is 0.0601 e. The van der Waals surface area contributed by atoms with Gasteiger partial charge in [0, 0.05) is 19.2 Å². The highest BCUT2D eigenvalue weighted by atomic mass is 16.5. The summed E-state index contributed by atoms with van der Waals surface area (Å²) in [6.07, 6.45) is 4.16. The molecule has 78 valence electrons. The predicted octanol–water partition coefficient (Wildman–Crippen LogP) is 2.19. The molecule has 0 aromatic carbocycles. The van der Waals surface area contributed by atoms with Crippen molar-refractivity contribution in [1.82, 2.24) is 5.32 Å². The molecule has 13 heavy (non-hydrogen) atoms. The molecule has 0 amide bonds. The first-order chi connectivity index (χ1) is 6.17. The molecule has 1 fully saturated rings. The van der Waals surface area contributed by atoms with Crippen molar-refractivity contribution < 1.29 is 4.74 Å². The highest BCUT2D eigenvalue weighted by Gasteiger charge is 2.30. The van der Waals surface area contributed by atoms with Crippen molar-refractivity contribution >= 4 is 0 Å². The molecule has 1 rings (SSSR count). The Hall–Kier alpha value is -0.0800. The van der Waals surface area contributed by atoms with Crippen LogP contribution in [0.4, 0.5) is 0 Å². The minimum Gasteiger partial charge on any atom is -0.381 e. The minimum absolute atomic E-state index is 0.515. The van der Waals surface area contributed by atoms with E-state index in [4.69, 9.17) is 4.74 Å². The van der Waals surface area contributed by atoms with Gasteiger partial charge in [-0.05, 0) is 25.7 Å². The van der Waals surface area contributed by atoms with Crippen LogP contribution < -0.4 is 5.32 Å². The van der Waals surface area contributed by atoms with Crippen molar-refractivity contribution in [3.8, 4) is 0 Å². The molecular weight excluding hydrogens is 162 g/mol. The predicted molar refractivity (Wildman–Crippen MR) is 55.9 cm³/mol. The van der Waals surface area contributed by atoms with Gasteiger partial charge < -0.3 is 10.1 Å². The molecule has 0 spiro atoms. The lowest BCUT2D eigenvalue weighted by molar-refractivity contribution is 0.0129. The molecule has 0 heterocycles. The molecule has 0 bridgehead atoms. The molecule has 2 unspecified atom stereocenters. The van der Waals surface area contributed by atoms with Gasteiger partial charge in [-0.3, -0.25) is 0 Å². The number of methoxy groups -OCH3 is 1. The fourth-order valence-corrected chi connectivity index (χ4v) is 1.78. The molecule has 0 saturated heterocycles. The third-order valence-corrected chi connectivity index (χ3v) is 3.42. The van der Waals surface area contributed by atoms with Crippen LogP contribution in [-0.2, 0) is 4.74 Å². The van der Waals surface area contributed by atoms with E-state index in [1.54, 1.807) is 7.11 Å². The van der Waals surface area contributed by atoms with Gasteiger partial charge in [0.2, 0.25) is 0 Å². The normalized spacial score (nSPS) is 32.3. The molecule has 2 heteroatoms. The number of hydrogen-bond donors (Lipinski definition) is 1. The van der Waals surface area contributed by atoms with Crippen molar-refractivity contribution in [3.63, 3.8) is 0 Å². The Kier molecular flexibility index (Phi) is 4.20. The molecule has 0 aromatic heterocycles. The molecule has 1 aliphatic carbocycles. The third kappa shape index (κ3) is 2.96. The van der Waals surface area contributed by atoms with Gasteiger partial charge in [0.1, 0.15) is 0 Å². The SMILES string of the molecule is CCC(C)C(C)NC1CC(OC)C1. The highest BCUT2D eigenvalue weighted by Crippen LogP contribution is 2.24. The van der Waals surface area contributed by atoms with Crippen LogP contribution in [0.5, 0.6) is 0 Å². The second-order valence-electron chi connectivity index (χ2n) is 4.37. The summed E-state index contributed by atoms with van der Waals surface area (Å²) >= 11 is 0. The van der Waals surface area contributed by atoms with Crippen molar-refractivity contribution in [1.29, 1.82) is 0 Å². The van der Waals surface area contributed by atoms with Gasteiger partial charge >= 0.3 is 0 Å². The van der Waals surface area contributed by atoms with Crippen molar-refractivity contribution in [2.45, 2.75) is 58.2 Å². The quantitative estimate of drug-likeness (QED) is 0.709. The van der Waals surface area contributed by atoms with E-state index in [0.717, 1.165) is 5.92 Å². The van der Waals surface area contributed by atoms with E-state index < -0.39 is 0 Å². The van der Waals surface area contributed by atoms with Gasteiger partial charge in [0.15, 0.2) is 0 Å². The van der Waals surface area contributed by atoms with Crippen LogP contribution in [0.2, 0.25) is 0 Å². The van der Waals surface area contributed by atoms with E-state index >= 15 is 0 Å². The van der Waals surface area contributed by atoms with Crippen LogP contribution >= 0.6 is 0 Å². The van der Waals surface area contributed by atoms with E-state index in [1.807, 2.05) is 0 Å². The molecule has 2 nitrogen and oxygen atoms in total. The lowest BCUT2D eigenvalue weighted by atomic mass is 9.87. The van der Waals surface area contributed by atoms with Crippen LogP contribution in [0.15, 0.2) is 0 Å². The van der Waals surface area contributed by atoms with Crippen LogP contribution in [0.3, 0.4) is 0 Å². The van der Waals surface area contributed by atoms with Crippen LogP contribution in [0.25, 0.3) is 0 Å². The van der Waals surface area contributed by atoms with Gasteiger partial charge in [-0.25, -0.2) is 0 Å². The standard InChI is InChI=1S/C11H23NO/c1-5-8(2)9(3)12-10-6-11(7-10)13-4/h8-12H,5-7H2,1-4H3. The number of ether oxygens (including phenoxy) is 1. The van der Waals surface area contributed by atoms with Gasteiger partial charge in [-0.1, -0.05) is 20.3 Å². The van der Waals surface area contributed by atoms with E-state index in [2.05, 4.69) is 26.1 Å². The number of hydrogen-bond acceptors (Lipinski definition) is 2. The molecule has 1 aliphatic rings. The fourth-order valence-electron chi connectivity index (χ4n) is 1.78. The lowest BCUT2D eigenvalue weighted by Gasteiger charge is -2.38. The molecule has 0 aliphatic heterocycles. The fraction of sp³-hybridized carbons (Fsp3) is 1.00. The third-order valence-electron chi connectivity index (χ3n) is 3.42. The van der Waals surface area contributed by atoms with Gasteiger partial charge in [0.25, 0.3) is 0 Å². The monoisotopic (exact) mass is 185 g/mol. The maximum absolute atomic E-state index is 5.24. The molecule has 1 saturated carbocycles. The summed E-state index contributed by atoms with van der Waals surface area (Å²) in [5.74, 6) is 0.779. The summed E-state index contributed by atoms with van der Waals surface area (Å²) in [7, 11) is 1.80. The molecule has 2 atom stereocenters. The second-order valence-corrected chi connectivity index (χ2v) is 4.37. The maximum atomic E-state index is 5.24. The Bertz CT molecular complexity index is 143. The van der Waals surface area contributed by atoms with E-state index in [-0.39, 0.29) is 0 Å². The Morgan fingerprint density at radius 1 is 1.38 bits per heavy atom. The Balaban J connectivity index is 2.12. The summed E-state index contributed by atoms with van der Waals surface area (Å²) in [6, 6.07) is 1.35. The minimum atomic E-state index is 0.515. The van der Waals surface area contributed by atoms with Gasteiger partial charge in [0.05, 0.1) is 6.10 Å². The van der Waals surface area contributed by atoms with E-state index in [0.29, 0.717) is 18.2 Å². The van der Waals surface area contributed by atoms with E-state index in [1.165, 1.54) is 19.3 Å². The Morgan fingerprint density at radius 2 is 2.00 bits per heavy atom. The van der Waals surface area contributed by atoms with Crippen LogP contribution in [0.1, 0.15) is 40.0 Å². The summed E-state index contributed by atoms with van der Waals surface area (Å²) in [6.45, 7) is 6.85. The highest BCUT2D eigenvalue weighted by molar-refractivity contribution is 4.88. The average Bonchev–Trinajstić information content (AvgIpc) is 2.08. The summed E-state index contributed by atoms with van der Waals surface area (Å²) in [5, 5.41) is 3.65. The van der Waals surface area contributed by atoms with Crippen molar-refractivity contribution in [3.05, 3.63) is 0 Å². The smallest absolute Gasteiger partial charge is 0.0601 e. The zero-order valence-corrected chi connectivity index (χ0v) is 9.34. The zero-order chi connectivity index (χ0) is 9.84. The molecule has 0 aromatic rings. The van der Waals surface area contributed by atoms with Crippen molar-refractivity contribution in [2.75, 3.05) is 7.11 Å². The van der Waals surface area contributed by atoms with Gasteiger partial charge in [-0.2, -0.15) is 0 Å². The average molecular weight is 185 g/mol. The Morgan fingerprint density at radius 3 is 2.46 bits per heavy atom. The van der Waals surface area contributed by atoms with Crippen molar-refractivity contribution in [2.24, 2.45) is 5.92 Å². The largest absolute Gasteiger partial charge is 0.381 e. The zero-order valence-electron chi connectivity index (χ0n) is 9.34. The first kappa shape index (κ1) is 11.0. The molecule has 0 radical (unpaired) electrons. The summed E-state index contributed by atoms with van der Waals surface area (Å²) in [5.41, 5.74) is 0. The first-order valence-electron chi connectivity index (χ1n) is 5.46. The summed E-state index contributed by atoms with van der Waals surface area (Å²) in [4.78, 5) is 0. The first-order valence-corrected chi connectivity index (χ1v) is 5.46. The molecular formula is C11H23NO. The second kappa shape index (κ2) is 4.97.